The van der Waals surface area contributed by atoms with E-state index in [0.29, 0.717) is 25.3 Å². The highest BCUT2D eigenvalue weighted by atomic mass is 16.7. The Bertz CT molecular complexity index is 879. The predicted octanol–water partition coefficient (Wildman–Crippen LogP) is 2.66. The monoisotopic (exact) mass is 460 g/mol. The van der Waals surface area contributed by atoms with Crippen LogP contribution in [0.3, 0.4) is 0 Å². The number of ether oxygens (including phenoxy) is 2. The summed E-state index contributed by atoms with van der Waals surface area (Å²) in [4.78, 5) is 26.9. The molecule has 2 saturated heterocycles. The van der Waals surface area contributed by atoms with Crippen molar-refractivity contribution in [3.05, 3.63) is 23.8 Å². The number of likely N-dealkylation sites (tertiary alicyclic amines) is 1. The lowest BCUT2D eigenvalue weighted by atomic mass is 9.78. The molecule has 0 radical (unpaired) electrons. The molecular formula is C24H37BN2O6. The summed E-state index contributed by atoms with van der Waals surface area (Å²) in [6, 6.07) is 5.55. The molecule has 2 heterocycles. The van der Waals surface area contributed by atoms with Crippen molar-refractivity contribution in [2.24, 2.45) is 0 Å². The first-order chi connectivity index (χ1) is 15.2. The zero-order valence-corrected chi connectivity index (χ0v) is 21.1. The summed E-state index contributed by atoms with van der Waals surface area (Å²) in [5, 5.41) is 2.86. The number of alkyl carbamates (subject to hydrolysis) is 1. The number of methoxy groups -OCH3 is 1. The molecule has 2 aliphatic heterocycles. The number of carbonyl (C=O) groups excluding carboxylic acids is 2. The molecule has 2 amide bonds. The molecule has 0 aliphatic carbocycles. The Kier molecular flexibility index (Phi) is 7.06. The van der Waals surface area contributed by atoms with Gasteiger partial charge in [-0.25, -0.2) is 4.79 Å². The number of rotatable bonds is 5. The van der Waals surface area contributed by atoms with Crippen LogP contribution < -0.4 is 15.5 Å². The van der Waals surface area contributed by atoms with Gasteiger partial charge in [0.05, 0.1) is 30.8 Å². The van der Waals surface area contributed by atoms with E-state index in [0.717, 1.165) is 11.0 Å². The summed E-state index contributed by atoms with van der Waals surface area (Å²) >= 11 is 0. The van der Waals surface area contributed by atoms with Crippen LogP contribution in [0.15, 0.2) is 18.2 Å². The zero-order valence-electron chi connectivity index (χ0n) is 21.1. The predicted molar refractivity (Wildman–Crippen MR) is 127 cm³/mol. The van der Waals surface area contributed by atoms with Crippen LogP contribution in [0.5, 0.6) is 5.75 Å². The van der Waals surface area contributed by atoms with Crippen molar-refractivity contribution >= 4 is 24.6 Å². The van der Waals surface area contributed by atoms with Gasteiger partial charge in [0.25, 0.3) is 0 Å². The number of hydrogen-bond donors (Lipinski definition) is 1. The van der Waals surface area contributed by atoms with E-state index in [1.165, 1.54) is 0 Å². The molecule has 1 aromatic rings. The number of carbonyl (C=O) groups is 2. The maximum Gasteiger partial charge on any atom is 0.494 e. The lowest BCUT2D eigenvalue weighted by molar-refractivity contribution is -0.129. The van der Waals surface area contributed by atoms with Crippen LogP contribution in [0.4, 0.5) is 4.79 Å². The molecule has 9 heteroatoms. The molecular weight excluding hydrogens is 423 g/mol. The average molecular weight is 460 g/mol. The van der Waals surface area contributed by atoms with Crippen molar-refractivity contribution in [3.8, 4) is 5.75 Å². The Morgan fingerprint density at radius 1 is 1.18 bits per heavy atom. The van der Waals surface area contributed by atoms with E-state index < -0.39 is 30.0 Å². The third-order valence-electron chi connectivity index (χ3n) is 6.43. The molecule has 0 spiro atoms. The fraction of sp³-hybridized carbons (Fsp3) is 0.667. The number of nitrogens with one attached hydrogen (secondary N) is 1. The van der Waals surface area contributed by atoms with Crippen LogP contribution >= 0.6 is 0 Å². The highest BCUT2D eigenvalue weighted by Crippen LogP contribution is 2.36. The van der Waals surface area contributed by atoms with Gasteiger partial charge in [-0.15, -0.1) is 0 Å². The molecule has 0 bridgehead atoms. The molecule has 1 atom stereocenters. The van der Waals surface area contributed by atoms with Gasteiger partial charge in [0.2, 0.25) is 5.91 Å². The molecule has 8 nitrogen and oxygen atoms in total. The van der Waals surface area contributed by atoms with E-state index in [1.54, 1.807) is 12.0 Å². The van der Waals surface area contributed by atoms with Crippen LogP contribution in [-0.2, 0) is 25.3 Å². The maximum absolute atomic E-state index is 13.0. The van der Waals surface area contributed by atoms with E-state index in [-0.39, 0.29) is 18.4 Å². The number of nitrogens with zero attached hydrogens (tertiary/aromatic N) is 1. The normalized spacial score (nSPS) is 21.8. The van der Waals surface area contributed by atoms with Crippen molar-refractivity contribution < 1.29 is 28.4 Å². The van der Waals surface area contributed by atoms with Crippen molar-refractivity contribution in [3.63, 3.8) is 0 Å². The smallest absolute Gasteiger partial charge is 0.494 e. The fourth-order valence-corrected chi connectivity index (χ4v) is 3.92. The van der Waals surface area contributed by atoms with Gasteiger partial charge in [-0.05, 0) is 66.4 Å². The second kappa shape index (κ2) is 9.18. The number of benzene rings is 1. The third-order valence-corrected chi connectivity index (χ3v) is 6.43. The van der Waals surface area contributed by atoms with Gasteiger partial charge in [-0.2, -0.15) is 0 Å². The van der Waals surface area contributed by atoms with E-state index in [4.69, 9.17) is 18.8 Å². The lowest BCUT2D eigenvalue weighted by Gasteiger charge is -2.32. The highest BCUT2D eigenvalue weighted by Gasteiger charge is 2.51. The van der Waals surface area contributed by atoms with Crippen LogP contribution in [0.2, 0.25) is 0 Å². The Morgan fingerprint density at radius 2 is 1.82 bits per heavy atom. The van der Waals surface area contributed by atoms with Gasteiger partial charge in [0.1, 0.15) is 11.4 Å². The second-order valence-corrected chi connectivity index (χ2v) is 10.8. The first-order valence-corrected chi connectivity index (χ1v) is 11.5. The molecule has 2 fully saturated rings. The summed E-state index contributed by atoms with van der Waals surface area (Å²) in [6.07, 6.45) is 0.421. The van der Waals surface area contributed by atoms with Crippen molar-refractivity contribution in [1.82, 2.24) is 10.2 Å². The Balaban J connectivity index is 1.65. The minimum Gasteiger partial charge on any atom is -0.496 e. The van der Waals surface area contributed by atoms with E-state index in [1.807, 2.05) is 66.7 Å². The number of hydrogen-bond acceptors (Lipinski definition) is 6. The zero-order chi connectivity index (χ0) is 24.6. The van der Waals surface area contributed by atoms with Crippen LogP contribution in [-0.4, -0.2) is 67.1 Å². The molecule has 33 heavy (non-hydrogen) atoms. The van der Waals surface area contributed by atoms with E-state index >= 15 is 0 Å². The fourth-order valence-electron chi connectivity index (χ4n) is 3.92. The van der Waals surface area contributed by atoms with Crippen LogP contribution in [0, 0.1) is 0 Å². The van der Waals surface area contributed by atoms with Gasteiger partial charge >= 0.3 is 13.2 Å². The van der Waals surface area contributed by atoms with Gasteiger partial charge in [0.15, 0.2) is 0 Å². The van der Waals surface area contributed by atoms with Gasteiger partial charge < -0.3 is 29.0 Å². The van der Waals surface area contributed by atoms with Gasteiger partial charge in [-0.1, -0.05) is 12.1 Å². The Hall–Kier alpha value is -2.26. The SMILES string of the molecule is COc1ccc(B2OC(C)(C)C(C)(C)O2)cc1CC(=O)N1CC[C@H](NC(=O)OC(C)(C)C)C1. The Morgan fingerprint density at radius 3 is 2.39 bits per heavy atom. The summed E-state index contributed by atoms with van der Waals surface area (Å²) in [5.74, 6) is 0.624. The summed E-state index contributed by atoms with van der Waals surface area (Å²) < 4.78 is 23.1. The summed E-state index contributed by atoms with van der Waals surface area (Å²) in [7, 11) is 1.08. The molecule has 182 valence electrons. The first kappa shape index (κ1) is 25.4. The first-order valence-electron chi connectivity index (χ1n) is 11.5. The quantitative estimate of drug-likeness (QED) is 0.681. The number of amides is 2. The molecule has 0 saturated carbocycles. The largest absolute Gasteiger partial charge is 0.496 e. The standard InChI is InChI=1S/C24H37BN2O6/c1-22(2,3)31-21(29)26-18-11-12-27(15-18)20(28)14-16-13-17(9-10-19(16)30-8)25-32-23(4,5)24(6,7)33-25/h9-10,13,18H,11-12,14-15H2,1-8H3,(H,26,29)/t18-/m0/s1. The minimum atomic E-state index is -0.559. The molecule has 1 aromatic carbocycles. The van der Waals surface area contributed by atoms with E-state index in [2.05, 4.69) is 5.32 Å². The molecule has 0 unspecified atom stereocenters. The molecule has 3 rings (SSSR count). The minimum absolute atomic E-state index is 0.0205. The Labute approximate surface area is 197 Å². The van der Waals surface area contributed by atoms with Crippen molar-refractivity contribution in [2.75, 3.05) is 20.2 Å². The van der Waals surface area contributed by atoms with E-state index in [9.17, 15) is 9.59 Å². The third kappa shape index (κ3) is 6.01. The molecule has 1 N–H and O–H groups in total. The second-order valence-electron chi connectivity index (χ2n) is 10.8. The van der Waals surface area contributed by atoms with Crippen LogP contribution in [0.25, 0.3) is 0 Å². The lowest BCUT2D eigenvalue weighted by Crippen LogP contribution is -2.41. The van der Waals surface area contributed by atoms with Crippen molar-refractivity contribution in [1.29, 1.82) is 0 Å². The van der Waals surface area contributed by atoms with Crippen LogP contribution in [0.1, 0.15) is 60.5 Å². The topological polar surface area (TPSA) is 86.3 Å². The van der Waals surface area contributed by atoms with Crippen molar-refractivity contribution in [2.45, 2.75) is 84.2 Å². The molecule has 0 aromatic heterocycles. The maximum atomic E-state index is 13.0. The highest BCUT2D eigenvalue weighted by molar-refractivity contribution is 6.62. The van der Waals surface area contributed by atoms with Gasteiger partial charge in [-0.3, -0.25) is 4.79 Å². The average Bonchev–Trinajstić information content (AvgIpc) is 3.21. The summed E-state index contributed by atoms with van der Waals surface area (Å²) in [5.41, 5.74) is 0.177. The van der Waals surface area contributed by atoms with Gasteiger partial charge in [0, 0.05) is 18.7 Å². The molecule has 2 aliphatic rings. The summed E-state index contributed by atoms with van der Waals surface area (Å²) in [6.45, 7) is 14.5.